The molecule has 0 aromatic heterocycles. The van der Waals surface area contributed by atoms with Gasteiger partial charge < -0.3 is 10.4 Å². The topological polar surface area (TPSA) is 66.4 Å². The summed E-state index contributed by atoms with van der Waals surface area (Å²) in [5.41, 5.74) is 0.960. The Hall–Kier alpha value is -1.68. The van der Waals surface area contributed by atoms with E-state index in [9.17, 15) is 14.7 Å². The maximum absolute atomic E-state index is 11.7. The van der Waals surface area contributed by atoms with Gasteiger partial charge in [0.15, 0.2) is 5.78 Å². The van der Waals surface area contributed by atoms with Crippen molar-refractivity contribution in [3.8, 4) is 0 Å². The van der Waals surface area contributed by atoms with Crippen molar-refractivity contribution >= 4 is 17.4 Å². The third-order valence-electron chi connectivity index (χ3n) is 2.16. The van der Waals surface area contributed by atoms with Crippen molar-refractivity contribution in [1.82, 2.24) is 0 Å². The van der Waals surface area contributed by atoms with Crippen molar-refractivity contribution in [1.29, 1.82) is 0 Å². The van der Waals surface area contributed by atoms with Crippen LogP contribution in [-0.4, -0.2) is 22.9 Å². The monoisotopic (exact) mass is 221 g/mol. The van der Waals surface area contributed by atoms with Crippen LogP contribution in [-0.2, 0) is 4.79 Å². The van der Waals surface area contributed by atoms with Gasteiger partial charge in [0.25, 0.3) is 0 Å². The first-order valence-electron chi connectivity index (χ1n) is 5.14. The number of anilines is 1. The molecule has 0 bridgehead atoms. The van der Waals surface area contributed by atoms with Gasteiger partial charge in [-0.15, -0.1) is 0 Å². The van der Waals surface area contributed by atoms with Gasteiger partial charge in [-0.05, 0) is 18.6 Å². The van der Waals surface area contributed by atoms with E-state index in [1.54, 1.807) is 31.2 Å². The van der Waals surface area contributed by atoms with Crippen LogP contribution in [0.25, 0.3) is 0 Å². The highest BCUT2D eigenvalue weighted by molar-refractivity contribution is 6.00. The minimum atomic E-state index is -0.979. The van der Waals surface area contributed by atoms with Crippen LogP contribution in [0.15, 0.2) is 24.3 Å². The molecular weight excluding hydrogens is 206 g/mol. The molecule has 2 N–H and O–H groups in total. The average molecular weight is 221 g/mol. The Balaban J connectivity index is 2.89. The van der Waals surface area contributed by atoms with Gasteiger partial charge in [0.1, 0.15) is 6.10 Å². The minimum Gasteiger partial charge on any atom is -0.385 e. The molecule has 1 aromatic rings. The minimum absolute atomic E-state index is 0.194. The van der Waals surface area contributed by atoms with Crippen LogP contribution in [0.5, 0.6) is 0 Å². The number of carbonyl (C=O) groups is 2. The normalized spacial score (nSPS) is 11.9. The molecule has 86 valence electrons. The summed E-state index contributed by atoms with van der Waals surface area (Å²) >= 11 is 0. The molecule has 1 amide bonds. The fourth-order valence-corrected chi connectivity index (χ4v) is 1.33. The lowest BCUT2D eigenvalue weighted by Crippen LogP contribution is -2.19. The molecule has 0 spiro atoms. The van der Waals surface area contributed by atoms with Gasteiger partial charge in [-0.3, -0.25) is 9.59 Å². The van der Waals surface area contributed by atoms with Crippen molar-refractivity contribution in [3.05, 3.63) is 29.8 Å². The maximum Gasteiger partial charge on any atom is 0.221 e. The molecule has 0 aliphatic carbocycles. The first-order chi connectivity index (χ1) is 7.54. The van der Waals surface area contributed by atoms with Crippen LogP contribution in [0.3, 0.4) is 0 Å². The van der Waals surface area contributed by atoms with Gasteiger partial charge in [-0.1, -0.05) is 19.1 Å². The van der Waals surface area contributed by atoms with Gasteiger partial charge in [0, 0.05) is 18.2 Å². The molecule has 0 heterocycles. The number of Topliss-reactive ketones (excluding diaryl/α,β-unsaturated/α-hetero) is 1. The molecule has 0 fully saturated rings. The molecule has 0 aliphatic heterocycles. The molecule has 1 atom stereocenters. The molecule has 1 aromatic carbocycles. The Morgan fingerprint density at radius 3 is 2.69 bits per heavy atom. The van der Waals surface area contributed by atoms with Gasteiger partial charge in [0.05, 0.1) is 0 Å². The first kappa shape index (κ1) is 12.4. The number of ketones is 1. The Labute approximate surface area is 94.3 Å². The van der Waals surface area contributed by atoms with E-state index in [0.717, 1.165) is 0 Å². The molecule has 0 saturated carbocycles. The molecule has 4 heteroatoms. The highest BCUT2D eigenvalue weighted by atomic mass is 16.3. The lowest BCUT2D eigenvalue weighted by atomic mass is 10.0. The first-order valence-corrected chi connectivity index (χ1v) is 5.14. The number of carbonyl (C=O) groups excluding carboxylic acids is 2. The van der Waals surface area contributed by atoms with E-state index in [1.807, 2.05) is 0 Å². The van der Waals surface area contributed by atoms with Gasteiger partial charge in [-0.25, -0.2) is 0 Å². The molecule has 0 radical (unpaired) electrons. The van der Waals surface area contributed by atoms with Crippen LogP contribution in [0.4, 0.5) is 5.69 Å². The zero-order valence-corrected chi connectivity index (χ0v) is 9.36. The van der Waals surface area contributed by atoms with E-state index in [2.05, 4.69) is 5.32 Å². The van der Waals surface area contributed by atoms with E-state index >= 15 is 0 Å². The Morgan fingerprint density at radius 1 is 1.44 bits per heavy atom. The second-order valence-corrected chi connectivity index (χ2v) is 3.55. The van der Waals surface area contributed by atoms with Gasteiger partial charge >= 0.3 is 0 Å². The van der Waals surface area contributed by atoms with Crippen molar-refractivity contribution in [2.75, 3.05) is 5.32 Å². The smallest absolute Gasteiger partial charge is 0.221 e. The molecular formula is C12H15NO3. The zero-order valence-electron chi connectivity index (χ0n) is 9.36. The second-order valence-electron chi connectivity index (χ2n) is 3.55. The number of hydrogen-bond acceptors (Lipinski definition) is 3. The number of amides is 1. The number of hydrogen-bond donors (Lipinski definition) is 2. The summed E-state index contributed by atoms with van der Waals surface area (Å²) in [6.45, 7) is 3.13. The zero-order chi connectivity index (χ0) is 12.1. The summed E-state index contributed by atoms with van der Waals surface area (Å²) in [4.78, 5) is 22.5. The van der Waals surface area contributed by atoms with Crippen molar-refractivity contribution in [3.63, 3.8) is 0 Å². The predicted octanol–water partition coefficient (Wildman–Crippen LogP) is 1.60. The van der Waals surface area contributed by atoms with E-state index in [4.69, 9.17) is 0 Å². The third kappa shape index (κ3) is 3.17. The molecule has 0 aliphatic rings. The molecule has 1 rings (SSSR count). The SMILES string of the molecule is CCC(O)C(=O)c1cccc(NC(C)=O)c1. The number of nitrogens with one attached hydrogen (secondary N) is 1. The van der Waals surface area contributed by atoms with Crippen LogP contribution in [0.2, 0.25) is 0 Å². The van der Waals surface area contributed by atoms with Crippen LogP contribution in [0.1, 0.15) is 30.6 Å². The van der Waals surface area contributed by atoms with Gasteiger partial charge in [0.2, 0.25) is 5.91 Å². The number of aliphatic hydroxyl groups is 1. The summed E-state index contributed by atoms with van der Waals surface area (Å²) in [5, 5.41) is 12.0. The fourth-order valence-electron chi connectivity index (χ4n) is 1.33. The number of rotatable bonds is 4. The quantitative estimate of drug-likeness (QED) is 0.759. The molecule has 16 heavy (non-hydrogen) atoms. The van der Waals surface area contributed by atoms with Crippen molar-refractivity contribution in [2.45, 2.75) is 26.4 Å². The standard InChI is InChI=1S/C12H15NO3/c1-3-11(15)12(16)9-5-4-6-10(7-9)13-8(2)14/h4-7,11,15H,3H2,1-2H3,(H,13,14). The fraction of sp³-hybridized carbons (Fsp3) is 0.333. The summed E-state index contributed by atoms with van der Waals surface area (Å²) < 4.78 is 0. The number of aliphatic hydroxyl groups excluding tert-OH is 1. The third-order valence-corrected chi connectivity index (χ3v) is 2.16. The van der Waals surface area contributed by atoms with Gasteiger partial charge in [-0.2, -0.15) is 0 Å². The average Bonchev–Trinajstić information content (AvgIpc) is 2.26. The van der Waals surface area contributed by atoms with Crippen molar-refractivity contribution < 1.29 is 14.7 Å². The highest BCUT2D eigenvalue weighted by Crippen LogP contribution is 2.13. The van der Waals surface area contributed by atoms with E-state index in [-0.39, 0.29) is 11.7 Å². The lowest BCUT2D eigenvalue weighted by molar-refractivity contribution is -0.114. The van der Waals surface area contributed by atoms with E-state index < -0.39 is 6.10 Å². The Kier molecular flexibility index (Phi) is 4.19. The lowest BCUT2D eigenvalue weighted by Gasteiger charge is -2.08. The highest BCUT2D eigenvalue weighted by Gasteiger charge is 2.15. The predicted molar refractivity (Wildman–Crippen MR) is 61.4 cm³/mol. The Morgan fingerprint density at radius 2 is 2.12 bits per heavy atom. The van der Waals surface area contributed by atoms with E-state index in [0.29, 0.717) is 17.7 Å². The summed E-state index contributed by atoms with van der Waals surface area (Å²) in [6.07, 6.45) is -0.601. The maximum atomic E-state index is 11.7. The summed E-state index contributed by atoms with van der Waals surface area (Å²) in [6, 6.07) is 6.53. The van der Waals surface area contributed by atoms with E-state index in [1.165, 1.54) is 6.92 Å². The Bertz CT molecular complexity index is 401. The van der Waals surface area contributed by atoms with Crippen LogP contribution >= 0.6 is 0 Å². The van der Waals surface area contributed by atoms with Crippen LogP contribution in [0, 0.1) is 0 Å². The van der Waals surface area contributed by atoms with Crippen molar-refractivity contribution in [2.24, 2.45) is 0 Å². The number of benzene rings is 1. The summed E-state index contributed by atoms with van der Waals surface area (Å²) in [7, 11) is 0. The molecule has 1 unspecified atom stereocenters. The summed E-state index contributed by atoms with van der Waals surface area (Å²) in [5.74, 6) is -0.518. The largest absolute Gasteiger partial charge is 0.385 e. The second kappa shape index (κ2) is 5.42. The molecule has 0 saturated heterocycles. The van der Waals surface area contributed by atoms with Crippen LogP contribution < -0.4 is 5.32 Å². The molecule has 4 nitrogen and oxygen atoms in total.